The van der Waals surface area contributed by atoms with E-state index in [0.29, 0.717) is 23.3 Å². The van der Waals surface area contributed by atoms with Gasteiger partial charge in [0, 0.05) is 33.4 Å². The van der Waals surface area contributed by atoms with Crippen LogP contribution < -0.4 is 0 Å². The van der Waals surface area contributed by atoms with Crippen LogP contribution in [0.3, 0.4) is 0 Å². The Hall–Kier alpha value is -8.93. The van der Waals surface area contributed by atoms with Gasteiger partial charge in [-0.25, -0.2) is 24.9 Å². The topological polar surface area (TPSA) is 64.5 Å². The summed E-state index contributed by atoms with van der Waals surface area (Å²) in [5, 5.41) is 0. The summed E-state index contributed by atoms with van der Waals surface area (Å²) in [4.78, 5) is 25.9. The second-order valence-corrected chi connectivity index (χ2v) is 16.8. The fourth-order valence-corrected chi connectivity index (χ4v) is 9.73. The normalized spacial score (nSPS) is 12.3. The molecule has 5 nitrogen and oxygen atoms in total. The molecule has 0 unspecified atom stereocenters. The van der Waals surface area contributed by atoms with E-state index in [0.717, 1.165) is 61.5 Å². The number of aromatic nitrogens is 5. The average molecular weight is 856 g/mol. The van der Waals surface area contributed by atoms with Crippen molar-refractivity contribution < 1.29 is 0 Å². The van der Waals surface area contributed by atoms with Crippen LogP contribution in [0.15, 0.2) is 249 Å². The lowest BCUT2D eigenvalue weighted by atomic mass is 9.67. The molecule has 314 valence electrons. The minimum absolute atomic E-state index is 0.599. The van der Waals surface area contributed by atoms with Gasteiger partial charge in [-0.15, -0.1) is 0 Å². The molecular formula is C62H41N5. The van der Waals surface area contributed by atoms with E-state index in [2.05, 4.69) is 176 Å². The summed E-state index contributed by atoms with van der Waals surface area (Å²) in [5.41, 5.74) is 16.1. The summed E-state index contributed by atoms with van der Waals surface area (Å²) in [7, 11) is 0. The van der Waals surface area contributed by atoms with E-state index >= 15 is 0 Å². The molecule has 0 N–H and O–H groups in total. The first-order chi connectivity index (χ1) is 33.2. The van der Waals surface area contributed by atoms with E-state index in [4.69, 9.17) is 24.9 Å². The molecule has 0 spiro atoms. The van der Waals surface area contributed by atoms with Crippen LogP contribution in [0.25, 0.3) is 90.3 Å². The molecular weight excluding hydrogens is 815 g/mol. The lowest BCUT2D eigenvalue weighted by molar-refractivity contribution is 0.769. The van der Waals surface area contributed by atoms with Gasteiger partial charge in [0.2, 0.25) is 0 Å². The molecule has 11 aromatic rings. The maximum absolute atomic E-state index is 5.42. The van der Waals surface area contributed by atoms with Gasteiger partial charge in [0.05, 0.1) is 16.8 Å². The molecule has 1 aliphatic rings. The Morgan fingerprint density at radius 1 is 0.224 bits per heavy atom. The highest BCUT2D eigenvalue weighted by molar-refractivity contribution is 5.94. The van der Waals surface area contributed by atoms with E-state index in [1.165, 1.54) is 27.8 Å². The summed E-state index contributed by atoms with van der Waals surface area (Å²) in [6.07, 6.45) is 0. The Morgan fingerprint density at radius 3 is 1.09 bits per heavy atom. The maximum Gasteiger partial charge on any atom is 0.164 e. The van der Waals surface area contributed by atoms with Crippen molar-refractivity contribution in [1.82, 2.24) is 24.9 Å². The van der Waals surface area contributed by atoms with E-state index < -0.39 is 5.41 Å². The van der Waals surface area contributed by atoms with Crippen molar-refractivity contribution in [3.8, 4) is 90.3 Å². The SMILES string of the molecule is c1ccc(-c2cc(-c3ccccc3)nc(-c3cc4c(cc3-c3ccc(-c5nc(-c6ccccc6)nc(-c6ccccc6)n5)cc3)C(c3ccccc3)(c3ccccc3)c3ccccc3-4)n2)cc1. The molecule has 0 radical (unpaired) electrons. The number of hydrogen-bond acceptors (Lipinski definition) is 5. The zero-order valence-electron chi connectivity index (χ0n) is 36.4. The predicted molar refractivity (Wildman–Crippen MR) is 271 cm³/mol. The zero-order chi connectivity index (χ0) is 44.6. The third-order valence-electron chi connectivity index (χ3n) is 12.9. The Labute approximate surface area is 389 Å². The van der Waals surface area contributed by atoms with Gasteiger partial charge < -0.3 is 0 Å². The fourth-order valence-electron chi connectivity index (χ4n) is 9.73. The zero-order valence-corrected chi connectivity index (χ0v) is 36.4. The third kappa shape index (κ3) is 7.11. The van der Waals surface area contributed by atoms with Gasteiger partial charge in [0.15, 0.2) is 23.3 Å². The lowest BCUT2D eigenvalue weighted by Gasteiger charge is -2.34. The van der Waals surface area contributed by atoms with Gasteiger partial charge in [-0.05, 0) is 62.7 Å². The van der Waals surface area contributed by atoms with E-state index in [1.54, 1.807) is 0 Å². The van der Waals surface area contributed by atoms with Crippen molar-refractivity contribution in [2.75, 3.05) is 0 Å². The largest absolute Gasteiger partial charge is 0.228 e. The molecule has 0 bridgehead atoms. The van der Waals surface area contributed by atoms with Crippen molar-refractivity contribution in [2.24, 2.45) is 0 Å². The third-order valence-corrected chi connectivity index (χ3v) is 12.9. The van der Waals surface area contributed by atoms with E-state index in [-0.39, 0.29) is 0 Å². The van der Waals surface area contributed by atoms with Crippen molar-refractivity contribution in [1.29, 1.82) is 0 Å². The van der Waals surface area contributed by atoms with Gasteiger partial charge >= 0.3 is 0 Å². The van der Waals surface area contributed by atoms with Crippen molar-refractivity contribution in [3.05, 3.63) is 271 Å². The quantitative estimate of drug-likeness (QED) is 0.145. The molecule has 0 amide bonds. The van der Waals surface area contributed by atoms with Gasteiger partial charge in [-0.2, -0.15) is 0 Å². The molecule has 0 atom stereocenters. The molecule has 2 heterocycles. The molecule has 67 heavy (non-hydrogen) atoms. The molecule has 0 aliphatic heterocycles. The van der Waals surface area contributed by atoms with Crippen LogP contribution in [0.4, 0.5) is 0 Å². The lowest BCUT2D eigenvalue weighted by Crippen LogP contribution is -2.28. The molecule has 12 rings (SSSR count). The molecule has 1 aliphatic carbocycles. The number of nitrogens with zero attached hydrogens (tertiary/aromatic N) is 5. The standard InChI is InChI=1S/C62H41N5/c1-7-21-43(22-8-1)56-41-57(44-23-9-2-10-24-44)64-61(63-56)53-39-52-50-33-19-20-34-54(50)62(48-29-15-5-16-30-48,49-31-17-6-18-32-49)55(52)40-51(53)42-35-37-47(38-36-42)60-66-58(45-25-11-3-12-26-45)65-59(67-60)46-27-13-4-14-28-46/h1-41H. The monoisotopic (exact) mass is 855 g/mol. The van der Waals surface area contributed by atoms with Crippen LogP contribution in [-0.2, 0) is 5.41 Å². The van der Waals surface area contributed by atoms with Crippen molar-refractivity contribution >= 4 is 0 Å². The van der Waals surface area contributed by atoms with Gasteiger partial charge in [-0.3, -0.25) is 0 Å². The first-order valence-electron chi connectivity index (χ1n) is 22.6. The minimum Gasteiger partial charge on any atom is -0.228 e. The number of fused-ring (bicyclic) bond motifs is 3. The summed E-state index contributed by atoms with van der Waals surface area (Å²) >= 11 is 0. The van der Waals surface area contributed by atoms with Crippen molar-refractivity contribution in [3.63, 3.8) is 0 Å². The Morgan fingerprint density at radius 2 is 0.612 bits per heavy atom. The van der Waals surface area contributed by atoms with Crippen LogP contribution in [0.5, 0.6) is 0 Å². The van der Waals surface area contributed by atoms with Gasteiger partial charge in [-0.1, -0.05) is 231 Å². The van der Waals surface area contributed by atoms with Crippen LogP contribution >= 0.6 is 0 Å². The minimum atomic E-state index is -0.601. The van der Waals surface area contributed by atoms with Gasteiger partial charge in [0.1, 0.15) is 0 Å². The Bertz CT molecular complexity index is 3370. The summed E-state index contributed by atoms with van der Waals surface area (Å²) in [6, 6.07) is 87.1. The first-order valence-corrected chi connectivity index (χ1v) is 22.6. The smallest absolute Gasteiger partial charge is 0.164 e. The summed E-state index contributed by atoms with van der Waals surface area (Å²) in [5.74, 6) is 2.49. The highest BCUT2D eigenvalue weighted by atomic mass is 15.0. The second kappa shape index (κ2) is 16.9. The molecule has 0 fully saturated rings. The summed E-state index contributed by atoms with van der Waals surface area (Å²) < 4.78 is 0. The van der Waals surface area contributed by atoms with Crippen LogP contribution in [-0.4, -0.2) is 24.9 Å². The number of hydrogen-bond donors (Lipinski definition) is 0. The Balaban J connectivity index is 1.11. The molecule has 0 saturated heterocycles. The number of benzene rings is 9. The first kappa shape index (κ1) is 39.6. The second-order valence-electron chi connectivity index (χ2n) is 16.8. The highest BCUT2D eigenvalue weighted by Gasteiger charge is 2.46. The number of rotatable bonds is 9. The van der Waals surface area contributed by atoms with E-state index in [1.807, 2.05) is 72.8 Å². The highest BCUT2D eigenvalue weighted by Crippen LogP contribution is 2.58. The maximum atomic E-state index is 5.42. The predicted octanol–water partition coefficient (Wildman–Crippen LogP) is 14.7. The van der Waals surface area contributed by atoms with Crippen LogP contribution in [0, 0.1) is 0 Å². The van der Waals surface area contributed by atoms with Crippen molar-refractivity contribution in [2.45, 2.75) is 5.41 Å². The summed E-state index contributed by atoms with van der Waals surface area (Å²) in [6.45, 7) is 0. The average Bonchev–Trinajstić information content (AvgIpc) is 3.72. The molecule has 0 saturated carbocycles. The van der Waals surface area contributed by atoms with E-state index in [9.17, 15) is 0 Å². The fraction of sp³-hybridized carbons (Fsp3) is 0.0161. The molecule has 2 aromatic heterocycles. The van der Waals surface area contributed by atoms with Crippen LogP contribution in [0.2, 0.25) is 0 Å². The molecule has 5 heteroatoms. The molecule has 9 aromatic carbocycles. The van der Waals surface area contributed by atoms with Gasteiger partial charge in [0.25, 0.3) is 0 Å². The Kier molecular flexibility index (Phi) is 9.99. The van der Waals surface area contributed by atoms with Crippen LogP contribution in [0.1, 0.15) is 22.3 Å².